The number of hydrogen-bond donors (Lipinski definition) is 1. The number of nitrogens with zero attached hydrogens (tertiary/aromatic N) is 1. The quantitative estimate of drug-likeness (QED) is 0.671. The van der Waals surface area contributed by atoms with Crippen LogP contribution in [-0.4, -0.2) is 21.1 Å². The summed E-state index contributed by atoms with van der Waals surface area (Å²) in [4.78, 5) is 23.6. The van der Waals surface area contributed by atoms with Crippen molar-refractivity contribution in [2.45, 2.75) is 13.8 Å². The van der Waals surface area contributed by atoms with Crippen molar-refractivity contribution in [3.63, 3.8) is 0 Å². The van der Waals surface area contributed by atoms with E-state index in [1.807, 2.05) is 31.2 Å². The molecule has 6 heteroatoms. The van der Waals surface area contributed by atoms with Crippen LogP contribution in [0.15, 0.2) is 29.2 Å². The second kappa shape index (κ2) is 5.54. The highest BCUT2D eigenvalue weighted by molar-refractivity contribution is 8.26. The van der Waals surface area contributed by atoms with Crippen LogP contribution in [0, 0.1) is 6.92 Å². The van der Waals surface area contributed by atoms with Gasteiger partial charge in [-0.2, -0.15) is 5.01 Å². The number of benzene rings is 1. The van der Waals surface area contributed by atoms with E-state index in [0.29, 0.717) is 9.23 Å². The Balaban J connectivity index is 2.23. The number of thiocarbonyl (C=S) groups is 1. The standard InChI is InChI=1S/C13H12N2O2S2/c1-8-3-5-10(6-4-8)7-11-12(17)15(13(18)19-11)14-9(2)16/h3-7H,1-2H3,(H,14,16)/b11-7-. The second-order valence-electron chi connectivity index (χ2n) is 4.10. The van der Waals surface area contributed by atoms with E-state index >= 15 is 0 Å². The minimum absolute atomic E-state index is 0.300. The van der Waals surface area contributed by atoms with Gasteiger partial charge in [0.15, 0.2) is 4.32 Å². The van der Waals surface area contributed by atoms with E-state index in [2.05, 4.69) is 5.43 Å². The lowest BCUT2D eigenvalue weighted by Crippen LogP contribution is -2.43. The summed E-state index contributed by atoms with van der Waals surface area (Å²) in [7, 11) is 0. The molecule has 1 N–H and O–H groups in total. The first kappa shape index (κ1) is 13.8. The zero-order chi connectivity index (χ0) is 14.0. The Hall–Kier alpha value is -1.66. The van der Waals surface area contributed by atoms with Gasteiger partial charge in [-0.3, -0.25) is 15.0 Å². The predicted octanol–water partition coefficient (Wildman–Crippen LogP) is 2.25. The molecule has 0 radical (unpaired) electrons. The van der Waals surface area contributed by atoms with Crippen molar-refractivity contribution in [3.8, 4) is 0 Å². The van der Waals surface area contributed by atoms with E-state index in [1.54, 1.807) is 6.08 Å². The number of aryl methyl sites for hydroxylation is 1. The Morgan fingerprint density at radius 3 is 2.58 bits per heavy atom. The number of hydrazine groups is 1. The van der Waals surface area contributed by atoms with Gasteiger partial charge in [-0.05, 0) is 30.8 Å². The van der Waals surface area contributed by atoms with Crippen molar-refractivity contribution < 1.29 is 9.59 Å². The maximum Gasteiger partial charge on any atom is 0.285 e. The van der Waals surface area contributed by atoms with Crippen molar-refractivity contribution in [1.29, 1.82) is 0 Å². The molecule has 19 heavy (non-hydrogen) atoms. The summed E-state index contributed by atoms with van der Waals surface area (Å²) < 4.78 is 0.332. The molecule has 0 unspecified atom stereocenters. The number of carbonyl (C=O) groups excluding carboxylic acids is 2. The molecule has 0 atom stereocenters. The zero-order valence-corrected chi connectivity index (χ0v) is 12.1. The van der Waals surface area contributed by atoms with Gasteiger partial charge < -0.3 is 0 Å². The summed E-state index contributed by atoms with van der Waals surface area (Å²) >= 11 is 6.24. The molecule has 98 valence electrons. The smallest absolute Gasteiger partial charge is 0.274 e. The molecular formula is C13H12N2O2S2. The molecule has 0 bridgehead atoms. The van der Waals surface area contributed by atoms with Crippen molar-refractivity contribution in [3.05, 3.63) is 40.3 Å². The average molecular weight is 292 g/mol. The van der Waals surface area contributed by atoms with E-state index in [1.165, 1.54) is 18.7 Å². The molecule has 0 saturated carbocycles. The fourth-order valence-electron chi connectivity index (χ4n) is 1.54. The Morgan fingerprint density at radius 2 is 2.00 bits per heavy atom. The lowest BCUT2D eigenvalue weighted by molar-refractivity contribution is -0.131. The minimum atomic E-state index is -0.326. The molecule has 1 fully saturated rings. The number of nitrogens with one attached hydrogen (secondary N) is 1. The molecule has 1 saturated heterocycles. The van der Waals surface area contributed by atoms with Crippen molar-refractivity contribution >= 4 is 46.2 Å². The summed E-state index contributed by atoms with van der Waals surface area (Å²) in [5.41, 5.74) is 4.49. The van der Waals surface area contributed by atoms with Crippen molar-refractivity contribution in [2.75, 3.05) is 0 Å². The van der Waals surface area contributed by atoms with Crippen LogP contribution in [-0.2, 0) is 9.59 Å². The Bertz CT molecular complexity index is 579. The van der Waals surface area contributed by atoms with E-state index < -0.39 is 0 Å². The van der Waals surface area contributed by atoms with Crippen LogP contribution in [0.4, 0.5) is 0 Å². The Kier molecular flexibility index (Phi) is 4.01. The molecule has 1 heterocycles. The van der Waals surface area contributed by atoms with Gasteiger partial charge in [-0.25, -0.2) is 0 Å². The first-order valence-corrected chi connectivity index (χ1v) is 6.81. The van der Waals surface area contributed by atoms with Gasteiger partial charge >= 0.3 is 0 Å². The fourth-order valence-corrected chi connectivity index (χ4v) is 2.72. The first-order valence-electron chi connectivity index (χ1n) is 5.59. The number of amides is 2. The van der Waals surface area contributed by atoms with E-state index in [0.717, 1.165) is 16.1 Å². The maximum absolute atomic E-state index is 12.1. The highest BCUT2D eigenvalue weighted by atomic mass is 32.2. The molecule has 1 aliphatic rings. The average Bonchev–Trinajstić information content (AvgIpc) is 2.60. The maximum atomic E-state index is 12.1. The monoisotopic (exact) mass is 292 g/mol. The van der Waals surface area contributed by atoms with Gasteiger partial charge in [0.25, 0.3) is 5.91 Å². The second-order valence-corrected chi connectivity index (χ2v) is 5.77. The summed E-state index contributed by atoms with van der Waals surface area (Å²) in [5.74, 6) is -0.626. The normalized spacial score (nSPS) is 17.2. The molecule has 0 aromatic heterocycles. The van der Waals surface area contributed by atoms with Gasteiger partial charge in [0.2, 0.25) is 5.91 Å². The van der Waals surface area contributed by atoms with Crippen LogP contribution in [0.1, 0.15) is 18.1 Å². The van der Waals surface area contributed by atoms with Gasteiger partial charge in [0, 0.05) is 6.92 Å². The highest BCUT2D eigenvalue weighted by Gasteiger charge is 2.32. The molecule has 1 aliphatic heterocycles. The first-order chi connectivity index (χ1) is 8.97. The van der Waals surface area contributed by atoms with Gasteiger partial charge in [-0.15, -0.1) is 0 Å². The Labute approximate surface area is 120 Å². The van der Waals surface area contributed by atoms with Crippen LogP contribution in [0.3, 0.4) is 0 Å². The highest BCUT2D eigenvalue weighted by Crippen LogP contribution is 2.31. The summed E-state index contributed by atoms with van der Waals surface area (Å²) in [5, 5.41) is 1.10. The van der Waals surface area contributed by atoms with Crippen LogP contribution < -0.4 is 5.43 Å². The molecule has 2 rings (SSSR count). The largest absolute Gasteiger partial charge is 0.285 e. The SMILES string of the molecule is CC(=O)NN1C(=O)/C(=C/c2ccc(C)cc2)SC1=S. The topological polar surface area (TPSA) is 49.4 Å². The summed E-state index contributed by atoms with van der Waals surface area (Å²) in [6.07, 6.45) is 1.76. The third kappa shape index (κ3) is 3.21. The molecule has 0 spiro atoms. The van der Waals surface area contributed by atoms with Crippen molar-refractivity contribution in [2.24, 2.45) is 0 Å². The number of rotatable bonds is 2. The van der Waals surface area contributed by atoms with Crippen LogP contribution in [0.25, 0.3) is 6.08 Å². The lowest BCUT2D eigenvalue weighted by Gasteiger charge is -2.13. The van der Waals surface area contributed by atoms with Crippen molar-refractivity contribution in [1.82, 2.24) is 10.4 Å². The molecule has 0 aliphatic carbocycles. The third-order valence-electron chi connectivity index (χ3n) is 2.44. The lowest BCUT2D eigenvalue weighted by atomic mass is 10.1. The summed E-state index contributed by atoms with van der Waals surface area (Å²) in [6.45, 7) is 3.34. The summed E-state index contributed by atoms with van der Waals surface area (Å²) in [6, 6.07) is 7.81. The molecule has 1 aromatic carbocycles. The van der Waals surface area contributed by atoms with Gasteiger partial charge in [0.05, 0.1) is 4.91 Å². The predicted molar refractivity (Wildman–Crippen MR) is 80.0 cm³/mol. The molecule has 1 aromatic rings. The molecule has 2 amide bonds. The van der Waals surface area contributed by atoms with Crippen LogP contribution >= 0.6 is 24.0 Å². The molecular weight excluding hydrogens is 280 g/mol. The van der Waals surface area contributed by atoms with E-state index in [4.69, 9.17) is 12.2 Å². The minimum Gasteiger partial charge on any atom is -0.274 e. The fraction of sp³-hybridized carbons (Fsp3) is 0.154. The number of hydrogen-bond acceptors (Lipinski definition) is 4. The van der Waals surface area contributed by atoms with Gasteiger partial charge in [0.1, 0.15) is 0 Å². The van der Waals surface area contributed by atoms with Crippen LogP contribution in [0.2, 0.25) is 0 Å². The van der Waals surface area contributed by atoms with E-state index in [-0.39, 0.29) is 11.8 Å². The number of carbonyl (C=O) groups is 2. The zero-order valence-electron chi connectivity index (χ0n) is 10.5. The van der Waals surface area contributed by atoms with E-state index in [9.17, 15) is 9.59 Å². The third-order valence-corrected chi connectivity index (χ3v) is 3.74. The molecule has 4 nitrogen and oxygen atoms in total. The number of thioether (sulfide) groups is 1. The Morgan fingerprint density at radius 1 is 1.37 bits per heavy atom. The van der Waals surface area contributed by atoms with Gasteiger partial charge in [-0.1, -0.05) is 41.6 Å². The van der Waals surface area contributed by atoms with Crippen LogP contribution in [0.5, 0.6) is 0 Å².